The highest BCUT2D eigenvalue weighted by Gasteiger charge is 2.50. The van der Waals surface area contributed by atoms with Crippen molar-refractivity contribution in [1.82, 2.24) is 5.32 Å². The lowest BCUT2D eigenvalue weighted by molar-refractivity contribution is -0.325. The predicted molar refractivity (Wildman–Crippen MR) is 117 cm³/mol. The first-order valence-corrected chi connectivity index (χ1v) is 11.7. The van der Waals surface area contributed by atoms with E-state index in [1.807, 2.05) is 0 Å². The molecule has 2 saturated heterocycles. The van der Waals surface area contributed by atoms with Crippen molar-refractivity contribution < 1.29 is 49.6 Å². The smallest absolute Gasteiger partial charge is 0.223 e. The van der Waals surface area contributed by atoms with Crippen molar-refractivity contribution in [2.75, 3.05) is 13.2 Å². The first-order chi connectivity index (χ1) is 16.1. The fourth-order valence-electron chi connectivity index (χ4n) is 4.81. The number of aliphatic hydroxyl groups excluding tert-OH is 6. The summed E-state index contributed by atoms with van der Waals surface area (Å²) in [6.45, 7) is 2.60. The van der Waals surface area contributed by atoms with Crippen LogP contribution in [0, 0.1) is 17.8 Å². The van der Waals surface area contributed by atoms with E-state index in [1.54, 1.807) is 6.92 Å². The Hall–Kier alpha value is -1.19. The minimum absolute atomic E-state index is 0.272. The number of carbonyl (C=O) groups is 1. The molecule has 2 fully saturated rings. The maximum absolute atomic E-state index is 12.8. The third-order valence-electron chi connectivity index (χ3n) is 6.89. The normalized spacial score (nSPS) is 45.8. The van der Waals surface area contributed by atoms with Crippen LogP contribution >= 0.6 is 0 Å². The lowest BCUT2D eigenvalue weighted by Gasteiger charge is -2.46. The van der Waals surface area contributed by atoms with Gasteiger partial charge in [-0.25, -0.2) is 0 Å². The number of allylic oxidation sites excluding steroid dienone is 2. The Kier molecular flexibility index (Phi) is 9.43. The molecule has 2 aliphatic heterocycles. The molecule has 12 heteroatoms. The number of nitrogens with two attached hydrogens (primary N) is 1. The number of rotatable bonds is 8. The number of nitrogens with one attached hydrogen (secondary N) is 1. The van der Waals surface area contributed by atoms with Crippen LogP contribution in [0.5, 0.6) is 0 Å². The Morgan fingerprint density at radius 1 is 1.09 bits per heavy atom. The number of aliphatic hydroxyl groups is 6. The minimum Gasteiger partial charge on any atom is -0.394 e. The highest BCUT2D eigenvalue weighted by atomic mass is 16.7. The number of ether oxygens (including phenoxy) is 3. The van der Waals surface area contributed by atoms with Crippen molar-refractivity contribution in [2.45, 2.75) is 88.0 Å². The molecule has 3 rings (SSSR count). The molecular weight excluding hydrogens is 452 g/mol. The average molecular weight is 491 g/mol. The topological polar surface area (TPSA) is 204 Å². The Morgan fingerprint density at radius 3 is 2.35 bits per heavy atom. The molecule has 0 aromatic carbocycles. The zero-order chi connectivity index (χ0) is 25.2. The van der Waals surface area contributed by atoms with E-state index in [2.05, 4.69) is 24.4 Å². The van der Waals surface area contributed by atoms with Crippen molar-refractivity contribution in [2.24, 2.45) is 23.5 Å². The second-order valence-electron chi connectivity index (χ2n) is 9.65. The van der Waals surface area contributed by atoms with Gasteiger partial charge >= 0.3 is 0 Å². The summed E-state index contributed by atoms with van der Waals surface area (Å²) in [7, 11) is 0. The molecule has 13 atom stereocenters. The second kappa shape index (κ2) is 11.7. The van der Waals surface area contributed by atoms with Gasteiger partial charge in [0.15, 0.2) is 12.6 Å². The van der Waals surface area contributed by atoms with Gasteiger partial charge in [0, 0.05) is 5.92 Å². The highest BCUT2D eigenvalue weighted by Crippen LogP contribution is 2.30. The molecule has 1 amide bonds. The summed E-state index contributed by atoms with van der Waals surface area (Å²) >= 11 is 0. The lowest BCUT2D eigenvalue weighted by Crippen LogP contribution is -2.68. The molecule has 196 valence electrons. The molecule has 0 aromatic heterocycles. The molecule has 12 nitrogen and oxygen atoms in total. The summed E-state index contributed by atoms with van der Waals surface area (Å²) in [5.41, 5.74) is 5.90. The summed E-state index contributed by atoms with van der Waals surface area (Å²) < 4.78 is 16.5. The predicted octanol–water partition coefficient (Wildman–Crippen LogP) is -3.07. The van der Waals surface area contributed by atoms with E-state index in [0.717, 1.165) is 6.42 Å². The van der Waals surface area contributed by atoms with Crippen LogP contribution in [-0.4, -0.2) is 111 Å². The van der Waals surface area contributed by atoms with Crippen LogP contribution in [0.4, 0.5) is 0 Å². The quantitative estimate of drug-likeness (QED) is 0.160. The molecule has 0 radical (unpaired) electrons. The molecular formula is C22H38N2O10. The molecule has 0 spiro atoms. The van der Waals surface area contributed by atoms with E-state index >= 15 is 0 Å². The zero-order valence-electron chi connectivity index (χ0n) is 19.4. The number of hydrogen-bond acceptors (Lipinski definition) is 11. The molecule has 0 saturated carbocycles. The van der Waals surface area contributed by atoms with E-state index in [0.29, 0.717) is 12.3 Å². The third-order valence-corrected chi connectivity index (χ3v) is 6.89. The van der Waals surface area contributed by atoms with Crippen LogP contribution in [-0.2, 0) is 19.0 Å². The van der Waals surface area contributed by atoms with Crippen molar-refractivity contribution in [3.8, 4) is 0 Å². The standard InChI is InChI=1S/C22H38N2O10/c1-9-3-4-11(5-9)6-10(2)20(30)24-15-18(29)19(13(8-26)32-21(15)31)34-22-14(23)17(28)16(27)12(7-25)33-22/h3-4,9-19,21-22,25-29,31H,5-8,23H2,1-2H3,(H,24,30). The maximum atomic E-state index is 12.8. The van der Waals surface area contributed by atoms with Crippen LogP contribution in [0.15, 0.2) is 12.2 Å². The summed E-state index contributed by atoms with van der Waals surface area (Å²) in [5.74, 6) is -0.0478. The fourth-order valence-corrected chi connectivity index (χ4v) is 4.81. The van der Waals surface area contributed by atoms with E-state index in [9.17, 15) is 35.4 Å². The minimum atomic E-state index is -1.62. The van der Waals surface area contributed by atoms with Gasteiger partial charge in [0.05, 0.1) is 19.3 Å². The molecule has 0 bridgehead atoms. The summed E-state index contributed by atoms with van der Waals surface area (Å²) in [5, 5.41) is 63.1. The van der Waals surface area contributed by atoms with Crippen molar-refractivity contribution in [3.63, 3.8) is 0 Å². The Morgan fingerprint density at radius 2 is 1.76 bits per heavy atom. The molecule has 9 N–H and O–H groups in total. The summed E-state index contributed by atoms with van der Waals surface area (Å²) in [6, 6.07) is -2.52. The number of carbonyl (C=O) groups excluding carboxylic acids is 1. The largest absolute Gasteiger partial charge is 0.394 e. The van der Waals surface area contributed by atoms with Crippen LogP contribution < -0.4 is 11.1 Å². The van der Waals surface area contributed by atoms with Gasteiger partial charge in [0.1, 0.15) is 42.7 Å². The summed E-state index contributed by atoms with van der Waals surface area (Å²) in [6.07, 6.45) is -5.39. The van der Waals surface area contributed by atoms with Gasteiger partial charge in [0.25, 0.3) is 0 Å². The van der Waals surface area contributed by atoms with E-state index < -0.39 is 80.4 Å². The van der Waals surface area contributed by atoms with Crippen molar-refractivity contribution in [3.05, 3.63) is 12.2 Å². The number of hydrogen-bond donors (Lipinski definition) is 8. The molecule has 0 aromatic rings. The maximum Gasteiger partial charge on any atom is 0.223 e. The van der Waals surface area contributed by atoms with Gasteiger partial charge in [-0.05, 0) is 24.7 Å². The van der Waals surface area contributed by atoms with Gasteiger partial charge in [-0.1, -0.05) is 26.0 Å². The SMILES string of the molecule is CC1C=CC(CC(C)C(=O)NC2C(O)OC(CO)C(OC3OC(CO)C(O)C(O)C3N)C2O)C1. The first-order valence-electron chi connectivity index (χ1n) is 11.7. The highest BCUT2D eigenvalue weighted by molar-refractivity contribution is 5.78. The van der Waals surface area contributed by atoms with Crippen LogP contribution in [0.25, 0.3) is 0 Å². The van der Waals surface area contributed by atoms with Crippen LogP contribution in [0.2, 0.25) is 0 Å². The van der Waals surface area contributed by atoms with Gasteiger partial charge in [0.2, 0.25) is 5.91 Å². The Bertz CT molecular complexity index is 709. The Labute approximate surface area is 198 Å². The third kappa shape index (κ3) is 5.95. The van der Waals surface area contributed by atoms with Crippen molar-refractivity contribution >= 4 is 5.91 Å². The zero-order valence-corrected chi connectivity index (χ0v) is 19.4. The molecule has 3 aliphatic rings. The lowest BCUT2D eigenvalue weighted by atomic mass is 9.91. The molecule has 2 heterocycles. The van der Waals surface area contributed by atoms with Crippen LogP contribution in [0.1, 0.15) is 26.7 Å². The molecule has 1 aliphatic carbocycles. The molecule has 34 heavy (non-hydrogen) atoms. The van der Waals surface area contributed by atoms with Crippen LogP contribution in [0.3, 0.4) is 0 Å². The van der Waals surface area contributed by atoms with Gasteiger partial charge in [-0.3, -0.25) is 4.79 Å². The van der Waals surface area contributed by atoms with Gasteiger partial charge < -0.3 is 55.9 Å². The monoisotopic (exact) mass is 490 g/mol. The van der Waals surface area contributed by atoms with E-state index in [4.69, 9.17) is 19.9 Å². The van der Waals surface area contributed by atoms with E-state index in [1.165, 1.54) is 0 Å². The Balaban J connectivity index is 1.67. The fraction of sp³-hybridized carbons (Fsp3) is 0.864. The second-order valence-corrected chi connectivity index (χ2v) is 9.65. The van der Waals surface area contributed by atoms with Crippen molar-refractivity contribution in [1.29, 1.82) is 0 Å². The summed E-state index contributed by atoms with van der Waals surface area (Å²) in [4.78, 5) is 12.8. The van der Waals surface area contributed by atoms with E-state index in [-0.39, 0.29) is 11.8 Å². The molecule has 13 unspecified atom stereocenters. The average Bonchev–Trinajstić information content (AvgIpc) is 3.22. The number of amides is 1. The van der Waals surface area contributed by atoms with Gasteiger partial charge in [-0.15, -0.1) is 0 Å². The van der Waals surface area contributed by atoms with Gasteiger partial charge in [-0.2, -0.15) is 0 Å². The first kappa shape index (κ1) is 27.4.